The summed E-state index contributed by atoms with van der Waals surface area (Å²) in [5, 5.41) is 18.3. The minimum Gasteiger partial charge on any atom is -0.478 e. The molecular weight excluding hydrogens is 282 g/mol. The number of hydrogen-bond acceptors (Lipinski definition) is 4. The van der Waals surface area contributed by atoms with Crippen LogP contribution in [0, 0.1) is 13.8 Å². The fourth-order valence-corrected chi connectivity index (χ4v) is 3.43. The van der Waals surface area contributed by atoms with Crippen molar-refractivity contribution in [2.75, 3.05) is 13.6 Å². The molecule has 0 aliphatic heterocycles. The highest BCUT2D eigenvalue weighted by molar-refractivity contribution is 7.89. The number of carbonyl (C=O) groups is 1. The zero-order chi connectivity index (χ0) is 15.7. The van der Waals surface area contributed by atoms with Crippen molar-refractivity contribution in [3.8, 4) is 0 Å². The van der Waals surface area contributed by atoms with E-state index in [9.17, 15) is 18.3 Å². The summed E-state index contributed by atoms with van der Waals surface area (Å²) in [5.74, 6) is -1.18. The smallest absolute Gasteiger partial charge is 0.335 e. The van der Waals surface area contributed by atoms with Crippen LogP contribution in [0.25, 0.3) is 0 Å². The Morgan fingerprint density at radius 3 is 2.35 bits per heavy atom. The van der Waals surface area contributed by atoms with E-state index in [-0.39, 0.29) is 17.0 Å². The van der Waals surface area contributed by atoms with Crippen LogP contribution in [0.3, 0.4) is 0 Å². The standard InChI is InChI=1S/C13H19NO5S/c1-8-5-11(13(16)17)6-12(10(8)3)20(18,19)14(4)7-9(2)15/h5-6,9,15H,7H2,1-4H3,(H,16,17). The van der Waals surface area contributed by atoms with E-state index in [1.807, 2.05) is 0 Å². The van der Waals surface area contributed by atoms with Gasteiger partial charge in [0.15, 0.2) is 0 Å². The Morgan fingerprint density at radius 1 is 1.35 bits per heavy atom. The van der Waals surface area contributed by atoms with Crippen molar-refractivity contribution in [3.63, 3.8) is 0 Å². The number of benzene rings is 1. The Labute approximate surface area is 118 Å². The number of hydrogen-bond donors (Lipinski definition) is 2. The molecule has 0 fully saturated rings. The molecule has 0 radical (unpaired) electrons. The molecule has 0 heterocycles. The van der Waals surface area contributed by atoms with Gasteiger partial charge in [0.05, 0.1) is 16.6 Å². The summed E-state index contributed by atoms with van der Waals surface area (Å²) in [6.07, 6.45) is -0.807. The normalized spacial score (nSPS) is 13.5. The first-order valence-corrected chi connectivity index (χ1v) is 7.50. The van der Waals surface area contributed by atoms with Crippen molar-refractivity contribution in [2.45, 2.75) is 31.8 Å². The molecule has 0 aromatic heterocycles. The Morgan fingerprint density at radius 2 is 1.90 bits per heavy atom. The molecule has 0 saturated carbocycles. The van der Waals surface area contributed by atoms with E-state index >= 15 is 0 Å². The van der Waals surface area contributed by atoms with Gasteiger partial charge in [-0.2, -0.15) is 4.31 Å². The molecule has 6 nitrogen and oxygen atoms in total. The van der Waals surface area contributed by atoms with Gasteiger partial charge in [0.2, 0.25) is 10.0 Å². The van der Waals surface area contributed by atoms with Crippen LogP contribution in [-0.2, 0) is 10.0 Å². The number of rotatable bonds is 5. The lowest BCUT2D eigenvalue weighted by Crippen LogP contribution is -2.33. The average Bonchev–Trinajstić information content (AvgIpc) is 2.30. The summed E-state index contributed by atoms with van der Waals surface area (Å²) in [6, 6.07) is 2.59. The second kappa shape index (κ2) is 5.90. The van der Waals surface area contributed by atoms with Crippen LogP contribution >= 0.6 is 0 Å². The van der Waals surface area contributed by atoms with E-state index in [1.165, 1.54) is 20.0 Å². The van der Waals surface area contributed by atoms with E-state index in [0.717, 1.165) is 10.4 Å². The van der Waals surface area contributed by atoms with Gasteiger partial charge in [-0.15, -0.1) is 0 Å². The first kappa shape index (κ1) is 16.6. The summed E-state index contributed by atoms with van der Waals surface area (Å²) < 4.78 is 25.9. The molecule has 1 rings (SSSR count). The minimum atomic E-state index is -3.83. The number of carboxylic acids is 1. The van der Waals surface area contributed by atoms with Crippen molar-refractivity contribution in [1.82, 2.24) is 4.31 Å². The van der Waals surface area contributed by atoms with Crippen LogP contribution in [0.2, 0.25) is 0 Å². The van der Waals surface area contributed by atoms with Crippen LogP contribution in [0.4, 0.5) is 0 Å². The van der Waals surface area contributed by atoms with Crippen LogP contribution in [0.5, 0.6) is 0 Å². The number of aryl methyl sites for hydroxylation is 1. The molecule has 0 aliphatic carbocycles. The van der Waals surface area contributed by atoms with Gasteiger partial charge >= 0.3 is 5.97 Å². The largest absolute Gasteiger partial charge is 0.478 e. The summed E-state index contributed by atoms with van der Waals surface area (Å²) in [7, 11) is -2.48. The van der Waals surface area contributed by atoms with E-state index in [2.05, 4.69) is 0 Å². The van der Waals surface area contributed by atoms with Crippen molar-refractivity contribution in [3.05, 3.63) is 28.8 Å². The van der Waals surface area contributed by atoms with Crippen LogP contribution in [0.15, 0.2) is 17.0 Å². The van der Waals surface area contributed by atoms with Gasteiger partial charge < -0.3 is 10.2 Å². The topological polar surface area (TPSA) is 94.9 Å². The molecule has 1 atom stereocenters. The molecule has 112 valence electrons. The number of aliphatic hydroxyl groups is 1. The second-order valence-electron chi connectivity index (χ2n) is 4.86. The lowest BCUT2D eigenvalue weighted by Gasteiger charge is -2.20. The molecule has 0 aliphatic rings. The Kier molecular flexibility index (Phi) is 4.90. The number of sulfonamides is 1. The quantitative estimate of drug-likeness (QED) is 0.846. The van der Waals surface area contributed by atoms with Gasteiger partial charge in [0.1, 0.15) is 0 Å². The highest BCUT2D eigenvalue weighted by atomic mass is 32.2. The first-order valence-electron chi connectivity index (χ1n) is 6.06. The molecule has 0 saturated heterocycles. The predicted octanol–water partition coefficient (Wildman–Crippen LogP) is 1.00. The van der Waals surface area contributed by atoms with Crippen molar-refractivity contribution in [1.29, 1.82) is 0 Å². The number of likely N-dealkylation sites (N-methyl/N-ethyl adjacent to an activating group) is 1. The summed E-state index contributed by atoms with van der Waals surface area (Å²) in [6.45, 7) is 4.72. The maximum absolute atomic E-state index is 12.4. The fraction of sp³-hybridized carbons (Fsp3) is 0.462. The molecule has 7 heteroatoms. The Bertz CT molecular complexity index is 622. The molecule has 1 aromatic carbocycles. The van der Waals surface area contributed by atoms with Gasteiger partial charge in [0.25, 0.3) is 0 Å². The lowest BCUT2D eigenvalue weighted by molar-refractivity contribution is 0.0696. The number of nitrogens with zero attached hydrogens (tertiary/aromatic N) is 1. The Hall–Kier alpha value is -1.44. The monoisotopic (exact) mass is 301 g/mol. The van der Waals surface area contributed by atoms with E-state index in [4.69, 9.17) is 5.11 Å². The van der Waals surface area contributed by atoms with Crippen molar-refractivity contribution >= 4 is 16.0 Å². The van der Waals surface area contributed by atoms with E-state index in [0.29, 0.717) is 11.1 Å². The highest BCUT2D eigenvalue weighted by Gasteiger charge is 2.25. The molecular formula is C13H19NO5S. The average molecular weight is 301 g/mol. The Balaban J connectivity index is 3.41. The third-order valence-electron chi connectivity index (χ3n) is 3.08. The molecule has 2 N–H and O–H groups in total. The van der Waals surface area contributed by atoms with Crippen LogP contribution in [-0.4, -0.2) is 48.6 Å². The number of aliphatic hydroxyl groups excluding tert-OH is 1. The summed E-state index contributed by atoms with van der Waals surface area (Å²) in [5.41, 5.74) is 1.03. The van der Waals surface area contributed by atoms with Gasteiger partial charge in [-0.1, -0.05) is 0 Å². The molecule has 0 bridgehead atoms. The van der Waals surface area contributed by atoms with Crippen LogP contribution in [0.1, 0.15) is 28.4 Å². The zero-order valence-corrected chi connectivity index (χ0v) is 12.7. The van der Waals surface area contributed by atoms with Crippen molar-refractivity contribution in [2.24, 2.45) is 0 Å². The molecule has 20 heavy (non-hydrogen) atoms. The number of carboxylic acid groups (broad SMARTS) is 1. The molecule has 0 amide bonds. The van der Waals surface area contributed by atoms with E-state index in [1.54, 1.807) is 13.8 Å². The fourth-order valence-electron chi connectivity index (χ4n) is 1.86. The zero-order valence-electron chi connectivity index (χ0n) is 11.9. The second-order valence-corrected chi connectivity index (χ2v) is 6.87. The SMILES string of the molecule is Cc1cc(C(=O)O)cc(S(=O)(=O)N(C)CC(C)O)c1C. The van der Waals surface area contributed by atoms with Gasteiger partial charge in [-0.3, -0.25) is 0 Å². The van der Waals surface area contributed by atoms with Crippen molar-refractivity contribution < 1.29 is 23.4 Å². The van der Waals surface area contributed by atoms with Crippen LogP contribution < -0.4 is 0 Å². The third kappa shape index (κ3) is 3.36. The van der Waals surface area contributed by atoms with Gasteiger partial charge in [0, 0.05) is 13.6 Å². The maximum atomic E-state index is 12.4. The molecule has 1 unspecified atom stereocenters. The van der Waals surface area contributed by atoms with Gasteiger partial charge in [-0.25, -0.2) is 13.2 Å². The lowest BCUT2D eigenvalue weighted by atomic mass is 10.1. The summed E-state index contributed by atoms with van der Waals surface area (Å²) in [4.78, 5) is 11.0. The molecule has 1 aromatic rings. The first-order chi connectivity index (χ1) is 9.07. The summed E-state index contributed by atoms with van der Waals surface area (Å²) >= 11 is 0. The van der Waals surface area contributed by atoms with Gasteiger partial charge in [-0.05, 0) is 44.0 Å². The predicted molar refractivity (Wildman–Crippen MR) is 74.4 cm³/mol. The maximum Gasteiger partial charge on any atom is 0.335 e. The van der Waals surface area contributed by atoms with E-state index < -0.39 is 22.1 Å². The highest BCUT2D eigenvalue weighted by Crippen LogP contribution is 2.24. The third-order valence-corrected chi connectivity index (χ3v) is 5.03. The minimum absolute atomic E-state index is 0.0435. The number of aromatic carboxylic acids is 1. The molecule has 0 spiro atoms.